The van der Waals surface area contributed by atoms with E-state index in [9.17, 15) is 0 Å². The molecule has 0 spiro atoms. The Balaban J connectivity index is 2.21. The molecule has 3 nitrogen and oxygen atoms in total. The lowest BCUT2D eigenvalue weighted by molar-refractivity contribution is 0.324. The summed E-state index contributed by atoms with van der Waals surface area (Å²) in [5, 5.41) is 0.801. The Morgan fingerprint density at radius 2 is 2.21 bits per heavy atom. The molecule has 0 aromatic carbocycles. The van der Waals surface area contributed by atoms with Crippen molar-refractivity contribution in [1.82, 2.24) is 9.88 Å². The Labute approximate surface area is 93.7 Å². The quantitative estimate of drug-likeness (QED) is 0.762. The van der Waals surface area contributed by atoms with Gasteiger partial charge in [0.1, 0.15) is 5.00 Å². The summed E-state index contributed by atoms with van der Waals surface area (Å²) in [6, 6.07) is 0. The summed E-state index contributed by atoms with van der Waals surface area (Å²) in [6.45, 7) is 7.75. The fourth-order valence-electron chi connectivity index (χ4n) is 1.14. The lowest BCUT2D eigenvalue weighted by Crippen LogP contribution is -2.25. The van der Waals surface area contributed by atoms with Crippen LogP contribution in [0.2, 0.25) is 0 Å². The van der Waals surface area contributed by atoms with Gasteiger partial charge in [-0.25, -0.2) is 4.98 Å². The molecule has 14 heavy (non-hydrogen) atoms. The molecule has 0 aliphatic heterocycles. The average molecular weight is 231 g/mol. The summed E-state index contributed by atoms with van der Waals surface area (Å²) in [7, 11) is 0. The first-order valence-corrected chi connectivity index (χ1v) is 6.63. The number of anilines is 1. The molecule has 5 heteroatoms. The Morgan fingerprint density at radius 3 is 2.71 bits per heavy atom. The highest BCUT2D eigenvalue weighted by molar-refractivity contribution is 8.01. The van der Waals surface area contributed by atoms with Crippen molar-refractivity contribution in [2.24, 2.45) is 0 Å². The maximum absolute atomic E-state index is 5.59. The number of nitrogens with two attached hydrogens (primary N) is 1. The molecule has 1 aromatic heterocycles. The highest BCUT2D eigenvalue weighted by Gasteiger charge is 2.02. The molecule has 1 rings (SSSR count). The second kappa shape index (κ2) is 6.27. The first kappa shape index (κ1) is 11.8. The first-order valence-electron chi connectivity index (χ1n) is 4.82. The molecule has 0 bridgehead atoms. The van der Waals surface area contributed by atoms with Gasteiger partial charge < -0.3 is 10.6 Å². The zero-order valence-corrected chi connectivity index (χ0v) is 10.3. The van der Waals surface area contributed by atoms with Crippen molar-refractivity contribution in [3.05, 3.63) is 6.20 Å². The van der Waals surface area contributed by atoms with Crippen molar-refractivity contribution in [2.75, 3.05) is 31.1 Å². The monoisotopic (exact) mass is 231 g/mol. The summed E-state index contributed by atoms with van der Waals surface area (Å²) in [6.07, 6.45) is 1.73. The van der Waals surface area contributed by atoms with Crippen LogP contribution in [0.4, 0.5) is 5.00 Å². The molecule has 0 saturated carbocycles. The molecule has 1 aromatic rings. The van der Waals surface area contributed by atoms with Crippen LogP contribution in [-0.4, -0.2) is 35.3 Å². The summed E-state index contributed by atoms with van der Waals surface area (Å²) in [4.78, 5) is 6.61. The lowest BCUT2D eigenvalue weighted by atomic mass is 10.5. The van der Waals surface area contributed by atoms with E-state index in [1.165, 1.54) is 0 Å². The predicted molar refractivity (Wildman–Crippen MR) is 65.0 cm³/mol. The summed E-state index contributed by atoms with van der Waals surface area (Å²) >= 11 is 3.35. The molecule has 0 unspecified atom stereocenters. The van der Waals surface area contributed by atoms with Gasteiger partial charge in [-0.15, -0.1) is 0 Å². The van der Waals surface area contributed by atoms with E-state index in [-0.39, 0.29) is 0 Å². The molecule has 0 saturated heterocycles. The minimum atomic E-state index is 0.801. The summed E-state index contributed by atoms with van der Waals surface area (Å²) in [5.41, 5.74) is 5.59. The van der Waals surface area contributed by atoms with Gasteiger partial charge >= 0.3 is 0 Å². The molecule has 0 amide bonds. The van der Waals surface area contributed by atoms with E-state index in [2.05, 4.69) is 23.7 Å². The van der Waals surface area contributed by atoms with Crippen LogP contribution in [0.15, 0.2) is 10.5 Å². The Kier molecular flexibility index (Phi) is 5.29. The summed E-state index contributed by atoms with van der Waals surface area (Å²) in [5.74, 6) is 1.09. The summed E-state index contributed by atoms with van der Waals surface area (Å²) < 4.78 is 1.08. The molecule has 0 fully saturated rings. The number of rotatable bonds is 6. The van der Waals surface area contributed by atoms with Crippen LogP contribution in [0, 0.1) is 0 Å². The fourth-order valence-corrected chi connectivity index (χ4v) is 2.98. The van der Waals surface area contributed by atoms with Gasteiger partial charge in [0.05, 0.1) is 6.20 Å². The molecular formula is C9H17N3S2. The van der Waals surface area contributed by atoms with E-state index in [0.717, 1.165) is 34.7 Å². The molecule has 80 valence electrons. The third-order valence-electron chi connectivity index (χ3n) is 2.03. The lowest BCUT2D eigenvalue weighted by Gasteiger charge is -2.16. The fraction of sp³-hybridized carbons (Fsp3) is 0.667. The molecule has 0 radical (unpaired) electrons. The van der Waals surface area contributed by atoms with Crippen LogP contribution < -0.4 is 5.73 Å². The highest BCUT2D eigenvalue weighted by Crippen LogP contribution is 2.25. The number of aromatic nitrogens is 1. The second-order valence-corrected chi connectivity index (χ2v) is 5.31. The van der Waals surface area contributed by atoms with E-state index in [4.69, 9.17) is 5.73 Å². The van der Waals surface area contributed by atoms with Crippen LogP contribution in [-0.2, 0) is 0 Å². The van der Waals surface area contributed by atoms with Crippen LogP contribution in [0.25, 0.3) is 0 Å². The number of hydrogen-bond donors (Lipinski definition) is 1. The van der Waals surface area contributed by atoms with Gasteiger partial charge in [0, 0.05) is 12.3 Å². The van der Waals surface area contributed by atoms with Crippen molar-refractivity contribution in [3.63, 3.8) is 0 Å². The second-order valence-electron chi connectivity index (χ2n) is 2.90. The Morgan fingerprint density at radius 1 is 1.50 bits per heavy atom. The predicted octanol–water partition coefficient (Wildman–Crippen LogP) is 2.16. The number of thiazole rings is 1. The highest BCUT2D eigenvalue weighted by atomic mass is 32.2. The zero-order chi connectivity index (χ0) is 10.4. The maximum Gasteiger partial charge on any atom is 0.151 e. The first-order chi connectivity index (χ1) is 6.76. The van der Waals surface area contributed by atoms with E-state index < -0.39 is 0 Å². The van der Waals surface area contributed by atoms with Crippen LogP contribution in [0.1, 0.15) is 13.8 Å². The SMILES string of the molecule is CCN(CC)CCSc1ncc(N)s1. The van der Waals surface area contributed by atoms with Crippen molar-refractivity contribution in [1.29, 1.82) is 0 Å². The van der Waals surface area contributed by atoms with Gasteiger partial charge in [0.15, 0.2) is 4.34 Å². The van der Waals surface area contributed by atoms with Crippen molar-refractivity contribution >= 4 is 28.1 Å². The Bertz CT molecular complexity index is 258. The topological polar surface area (TPSA) is 42.2 Å². The zero-order valence-electron chi connectivity index (χ0n) is 8.69. The smallest absolute Gasteiger partial charge is 0.151 e. The number of thioether (sulfide) groups is 1. The van der Waals surface area contributed by atoms with E-state index >= 15 is 0 Å². The minimum Gasteiger partial charge on any atom is -0.389 e. The molecule has 2 N–H and O–H groups in total. The van der Waals surface area contributed by atoms with Gasteiger partial charge in [-0.3, -0.25) is 0 Å². The van der Waals surface area contributed by atoms with Crippen LogP contribution in [0.5, 0.6) is 0 Å². The third kappa shape index (κ3) is 3.86. The van der Waals surface area contributed by atoms with E-state index in [1.807, 2.05) is 0 Å². The Hall–Kier alpha value is -0.260. The molecule has 0 atom stereocenters. The third-order valence-corrected chi connectivity index (χ3v) is 3.99. The molecule has 0 aliphatic rings. The van der Waals surface area contributed by atoms with Crippen molar-refractivity contribution in [3.8, 4) is 0 Å². The van der Waals surface area contributed by atoms with E-state index in [1.54, 1.807) is 29.3 Å². The van der Waals surface area contributed by atoms with Gasteiger partial charge in [-0.2, -0.15) is 0 Å². The number of nitrogens with zero attached hydrogens (tertiary/aromatic N) is 2. The van der Waals surface area contributed by atoms with Crippen molar-refractivity contribution < 1.29 is 0 Å². The molecular weight excluding hydrogens is 214 g/mol. The van der Waals surface area contributed by atoms with Crippen LogP contribution in [0.3, 0.4) is 0 Å². The van der Waals surface area contributed by atoms with Crippen LogP contribution >= 0.6 is 23.1 Å². The van der Waals surface area contributed by atoms with E-state index in [0.29, 0.717) is 0 Å². The molecule has 0 aliphatic carbocycles. The number of nitrogen functional groups attached to an aromatic ring is 1. The van der Waals surface area contributed by atoms with Crippen molar-refractivity contribution in [2.45, 2.75) is 18.2 Å². The largest absolute Gasteiger partial charge is 0.389 e. The van der Waals surface area contributed by atoms with Gasteiger partial charge in [-0.05, 0) is 13.1 Å². The maximum atomic E-state index is 5.59. The number of hydrogen-bond acceptors (Lipinski definition) is 5. The van der Waals surface area contributed by atoms with Gasteiger partial charge in [-0.1, -0.05) is 36.9 Å². The molecule has 1 heterocycles. The normalized spacial score (nSPS) is 11.1. The average Bonchev–Trinajstić information content (AvgIpc) is 2.59. The van der Waals surface area contributed by atoms with Gasteiger partial charge in [0.2, 0.25) is 0 Å². The standard InChI is InChI=1S/C9H17N3S2/c1-3-12(4-2)5-6-13-9-11-7-8(10)14-9/h7H,3-6,10H2,1-2H3. The van der Waals surface area contributed by atoms with Gasteiger partial charge in [0.25, 0.3) is 0 Å². The minimum absolute atomic E-state index is 0.801.